The number of nitrogens with one attached hydrogen (secondary N) is 5. The lowest BCUT2D eigenvalue weighted by Crippen LogP contribution is -2.41. The summed E-state index contributed by atoms with van der Waals surface area (Å²) in [7, 11) is 1.12. The molecule has 1 aliphatic rings. The van der Waals surface area contributed by atoms with E-state index in [1.54, 1.807) is 0 Å². The lowest BCUT2D eigenvalue weighted by atomic mass is 10.0. The molecule has 2 heterocycles. The van der Waals surface area contributed by atoms with Gasteiger partial charge in [0.1, 0.15) is 6.17 Å². The van der Waals surface area contributed by atoms with Gasteiger partial charge in [-0.1, -0.05) is 6.07 Å². The molecule has 5 N–H and O–H groups in total. The number of hydrogen-bond acceptors (Lipinski definition) is 9. The fourth-order valence-electron chi connectivity index (χ4n) is 3.95. The predicted octanol–water partition coefficient (Wildman–Crippen LogP) is 2.16. The number of methoxy groups -OCH3 is 1. The lowest BCUT2D eigenvalue weighted by molar-refractivity contribution is -0.141. The first-order valence-corrected chi connectivity index (χ1v) is 12.2. The Morgan fingerprint density at radius 3 is 2.71 bits per heavy atom. The average molecular weight is 580 g/mol. The first-order chi connectivity index (χ1) is 19.6. The zero-order chi connectivity index (χ0) is 29.5. The van der Waals surface area contributed by atoms with Gasteiger partial charge in [0.15, 0.2) is 17.5 Å². The number of nitrogens with zero attached hydrogens (tertiary/aromatic N) is 2. The summed E-state index contributed by atoms with van der Waals surface area (Å²) in [6.07, 6.45) is 0.00627. The van der Waals surface area contributed by atoms with Gasteiger partial charge in [-0.15, -0.1) is 0 Å². The van der Waals surface area contributed by atoms with Crippen molar-refractivity contribution >= 4 is 40.3 Å². The van der Waals surface area contributed by atoms with Crippen molar-refractivity contribution in [3.63, 3.8) is 0 Å². The Hall–Kier alpha value is -4.89. The van der Waals surface area contributed by atoms with Crippen molar-refractivity contribution in [3.8, 4) is 5.75 Å². The van der Waals surface area contributed by atoms with Gasteiger partial charge in [-0.25, -0.2) is 13.8 Å². The van der Waals surface area contributed by atoms with Gasteiger partial charge in [0.25, 0.3) is 5.91 Å². The monoisotopic (exact) mass is 579 g/mol. The summed E-state index contributed by atoms with van der Waals surface area (Å²) >= 11 is 0. The van der Waals surface area contributed by atoms with Gasteiger partial charge >= 0.3 is 12.6 Å². The van der Waals surface area contributed by atoms with E-state index in [-0.39, 0.29) is 24.2 Å². The van der Waals surface area contributed by atoms with Crippen LogP contribution in [0.15, 0.2) is 41.5 Å². The molecule has 1 aromatic heterocycles. The maximum atomic E-state index is 13.9. The topological polar surface area (TPSA) is 159 Å². The molecule has 0 saturated heterocycles. The van der Waals surface area contributed by atoms with Crippen LogP contribution >= 0.6 is 0 Å². The molecular formula is C25H25F4N7O5. The number of anilines is 1. The van der Waals surface area contributed by atoms with Crippen LogP contribution in [0.1, 0.15) is 28.4 Å². The molecule has 2 atom stereocenters. The molecule has 1 unspecified atom stereocenters. The summed E-state index contributed by atoms with van der Waals surface area (Å²) in [5.74, 6) is -3.64. The molecule has 0 saturated carbocycles. The van der Waals surface area contributed by atoms with Crippen molar-refractivity contribution in [2.24, 2.45) is 4.99 Å². The van der Waals surface area contributed by atoms with Crippen LogP contribution in [0, 0.1) is 5.82 Å². The SMILES string of the molecule is COC(=O)C[C@H](NC(=O)CNC(=O)c1cc(NC2=NCC(F)CN2)c2cn[nH]c2c1)c1ccc(F)c(OC(F)F)c1. The number of alkyl halides is 3. The number of ether oxygens (including phenoxy) is 2. The molecule has 16 heteroatoms. The molecule has 218 valence electrons. The average Bonchev–Trinajstić information content (AvgIpc) is 3.42. The Morgan fingerprint density at radius 1 is 1.20 bits per heavy atom. The normalized spacial score (nSPS) is 15.5. The van der Waals surface area contributed by atoms with Crippen LogP contribution in [0.25, 0.3) is 10.9 Å². The second kappa shape index (κ2) is 13.0. The zero-order valence-electron chi connectivity index (χ0n) is 21.5. The van der Waals surface area contributed by atoms with Gasteiger partial charge in [-0.05, 0) is 29.8 Å². The van der Waals surface area contributed by atoms with Gasteiger partial charge in [0.05, 0.1) is 56.6 Å². The summed E-state index contributed by atoms with van der Waals surface area (Å²) in [5, 5.41) is 18.1. The number of H-pyrrole nitrogens is 1. The third-order valence-corrected chi connectivity index (χ3v) is 5.93. The van der Waals surface area contributed by atoms with Crippen molar-refractivity contribution in [1.29, 1.82) is 0 Å². The summed E-state index contributed by atoms with van der Waals surface area (Å²) < 4.78 is 61.3. The fraction of sp³-hybridized carbons (Fsp3) is 0.320. The number of hydrogen-bond donors (Lipinski definition) is 5. The molecule has 0 spiro atoms. The molecule has 0 radical (unpaired) electrons. The molecule has 2 amide bonds. The molecule has 4 rings (SSSR count). The highest BCUT2D eigenvalue weighted by Gasteiger charge is 2.22. The lowest BCUT2D eigenvalue weighted by Gasteiger charge is -2.20. The van der Waals surface area contributed by atoms with Crippen LogP contribution in [0.4, 0.5) is 23.2 Å². The van der Waals surface area contributed by atoms with Crippen LogP contribution in [0.3, 0.4) is 0 Å². The standard InChI is InChI=1S/C25H25F4N7O5/c1-40-22(38)7-17(12-2-3-16(27)20(6-12)41-24(28)29)34-21(37)11-30-23(39)13-4-18(15-10-33-36-19(15)5-13)35-25-31-8-14(26)9-32-25/h2-6,10,14,17,24H,7-9,11H2,1H3,(H,30,39)(H,33,36)(H,34,37)(H2,31,32,35)/t17-/m0/s1. The largest absolute Gasteiger partial charge is 0.469 e. The van der Waals surface area contributed by atoms with E-state index in [0.717, 1.165) is 19.2 Å². The van der Waals surface area contributed by atoms with Crippen LogP contribution < -0.4 is 26.0 Å². The second-order valence-corrected chi connectivity index (χ2v) is 8.80. The van der Waals surface area contributed by atoms with E-state index in [4.69, 9.17) is 0 Å². The summed E-state index contributed by atoms with van der Waals surface area (Å²) in [4.78, 5) is 41.6. The van der Waals surface area contributed by atoms with Gasteiger partial charge in [0, 0.05) is 10.9 Å². The number of esters is 1. The van der Waals surface area contributed by atoms with E-state index in [1.165, 1.54) is 24.4 Å². The quantitative estimate of drug-likeness (QED) is 0.181. The number of carbonyl (C=O) groups excluding carboxylic acids is 3. The third-order valence-electron chi connectivity index (χ3n) is 5.93. The van der Waals surface area contributed by atoms with Crippen LogP contribution in [-0.4, -0.2) is 73.5 Å². The molecule has 1 aliphatic heterocycles. The summed E-state index contributed by atoms with van der Waals surface area (Å²) in [5.41, 5.74) is 1.19. The highest BCUT2D eigenvalue weighted by molar-refractivity contribution is 6.07. The van der Waals surface area contributed by atoms with E-state index < -0.39 is 61.1 Å². The highest BCUT2D eigenvalue weighted by Crippen LogP contribution is 2.27. The second-order valence-electron chi connectivity index (χ2n) is 8.80. The number of amides is 2. The minimum Gasteiger partial charge on any atom is -0.469 e. The van der Waals surface area contributed by atoms with Crippen molar-refractivity contribution in [3.05, 3.63) is 53.5 Å². The van der Waals surface area contributed by atoms with Crippen LogP contribution in [-0.2, 0) is 14.3 Å². The minimum absolute atomic E-state index is 0.0192. The molecule has 0 aliphatic carbocycles. The third kappa shape index (κ3) is 7.61. The van der Waals surface area contributed by atoms with Crippen molar-refractivity contribution < 1.29 is 41.4 Å². The highest BCUT2D eigenvalue weighted by atomic mass is 19.3. The number of carbonyl (C=O) groups is 3. The first-order valence-electron chi connectivity index (χ1n) is 12.2. The summed E-state index contributed by atoms with van der Waals surface area (Å²) in [6.45, 7) is -3.78. The van der Waals surface area contributed by atoms with Crippen molar-refractivity contribution in [2.75, 3.05) is 32.1 Å². The smallest absolute Gasteiger partial charge is 0.387 e. The molecule has 0 fully saturated rings. The van der Waals surface area contributed by atoms with Gasteiger partial charge < -0.3 is 30.7 Å². The maximum absolute atomic E-state index is 13.9. The van der Waals surface area contributed by atoms with E-state index in [2.05, 4.69) is 45.9 Å². The minimum atomic E-state index is -3.30. The van der Waals surface area contributed by atoms with Crippen molar-refractivity contribution in [2.45, 2.75) is 25.2 Å². The Morgan fingerprint density at radius 2 is 2.00 bits per heavy atom. The Balaban J connectivity index is 1.45. The number of halogens is 4. The fourth-order valence-corrected chi connectivity index (χ4v) is 3.95. The van der Waals surface area contributed by atoms with Crippen molar-refractivity contribution in [1.82, 2.24) is 26.1 Å². The number of aromatic amines is 1. The molecule has 3 aromatic rings. The van der Waals surface area contributed by atoms with Gasteiger partial charge in [-0.3, -0.25) is 19.5 Å². The predicted molar refractivity (Wildman–Crippen MR) is 138 cm³/mol. The number of guanidine groups is 1. The number of rotatable bonds is 10. The van der Waals surface area contributed by atoms with Gasteiger partial charge in [-0.2, -0.15) is 13.9 Å². The Kier molecular flexibility index (Phi) is 9.21. The molecule has 41 heavy (non-hydrogen) atoms. The molecule has 0 bridgehead atoms. The van der Waals surface area contributed by atoms with E-state index >= 15 is 0 Å². The number of aliphatic imine (C=N–C) groups is 1. The van der Waals surface area contributed by atoms with Crippen LogP contribution in [0.2, 0.25) is 0 Å². The zero-order valence-corrected chi connectivity index (χ0v) is 21.5. The van der Waals surface area contributed by atoms with E-state index in [9.17, 15) is 31.9 Å². The number of fused-ring (bicyclic) bond motifs is 1. The maximum Gasteiger partial charge on any atom is 0.387 e. The number of benzene rings is 2. The van der Waals surface area contributed by atoms with E-state index in [1.807, 2.05) is 0 Å². The molecule has 12 nitrogen and oxygen atoms in total. The number of aromatic nitrogens is 2. The van der Waals surface area contributed by atoms with E-state index in [0.29, 0.717) is 22.5 Å². The summed E-state index contributed by atoms with van der Waals surface area (Å²) in [6, 6.07) is 4.87. The van der Waals surface area contributed by atoms with Gasteiger partial charge in [0.2, 0.25) is 5.91 Å². The molecule has 2 aromatic carbocycles. The van der Waals surface area contributed by atoms with Crippen LogP contribution in [0.5, 0.6) is 5.75 Å². The first kappa shape index (κ1) is 29.1. The molecular weight excluding hydrogens is 554 g/mol. The Bertz CT molecular complexity index is 1470. The Labute approximate surface area is 229 Å².